The average molecular weight is 374 g/mol. The van der Waals surface area contributed by atoms with Gasteiger partial charge in [0.05, 0.1) is 21.6 Å². The fourth-order valence-corrected chi connectivity index (χ4v) is 3.44. The zero-order valence-corrected chi connectivity index (χ0v) is 15.0. The summed E-state index contributed by atoms with van der Waals surface area (Å²) in [6.07, 6.45) is 2.34. The Morgan fingerprint density at radius 1 is 1.19 bits per heavy atom. The second-order valence-electron chi connectivity index (χ2n) is 6.37. The molecule has 0 radical (unpaired) electrons. The van der Waals surface area contributed by atoms with Crippen LogP contribution in [0.1, 0.15) is 34.8 Å². The molecule has 0 aromatic heterocycles. The van der Waals surface area contributed by atoms with Crippen LogP contribution in [0.2, 0.25) is 5.02 Å². The molecule has 136 valence electrons. The summed E-state index contributed by atoms with van der Waals surface area (Å²) in [6, 6.07) is 13.5. The molecule has 1 aliphatic rings. The Hall–Kier alpha value is -2.44. The lowest BCUT2D eigenvalue weighted by Gasteiger charge is -2.25. The van der Waals surface area contributed by atoms with Gasteiger partial charge in [-0.15, -0.1) is 0 Å². The maximum Gasteiger partial charge on any atom is 0.270 e. The normalized spacial score (nSPS) is 15.6. The number of benzene rings is 2. The van der Waals surface area contributed by atoms with E-state index in [-0.39, 0.29) is 28.2 Å². The van der Waals surface area contributed by atoms with Gasteiger partial charge in [0.25, 0.3) is 11.6 Å². The summed E-state index contributed by atoms with van der Waals surface area (Å²) in [4.78, 5) is 25.3. The van der Waals surface area contributed by atoms with E-state index in [1.807, 2.05) is 30.3 Å². The SMILES string of the molecule is O=C(NC(CN1CCCC1)c1ccccc1)c1ccc([N+](=O)[O-])cc1Cl. The van der Waals surface area contributed by atoms with Gasteiger partial charge in [-0.05, 0) is 37.6 Å². The molecule has 2 aromatic rings. The van der Waals surface area contributed by atoms with Gasteiger partial charge in [-0.3, -0.25) is 14.9 Å². The van der Waals surface area contributed by atoms with Gasteiger partial charge < -0.3 is 10.2 Å². The van der Waals surface area contributed by atoms with Gasteiger partial charge in [0, 0.05) is 18.7 Å². The number of nitro benzene ring substituents is 1. The maximum absolute atomic E-state index is 12.7. The number of nitrogens with one attached hydrogen (secondary N) is 1. The molecule has 1 heterocycles. The number of nitro groups is 1. The Morgan fingerprint density at radius 2 is 1.88 bits per heavy atom. The van der Waals surface area contributed by atoms with E-state index >= 15 is 0 Å². The molecule has 7 heteroatoms. The number of carbonyl (C=O) groups is 1. The molecule has 0 saturated carbocycles. The summed E-state index contributed by atoms with van der Waals surface area (Å²) < 4.78 is 0. The van der Waals surface area contributed by atoms with E-state index in [0.717, 1.165) is 25.2 Å². The largest absolute Gasteiger partial charge is 0.344 e. The van der Waals surface area contributed by atoms with Crippen molar-refractivity contribution in [3.8, 4) is 0 Å². The van der Waals surface area contributed by atoms with Crippen molar-refractivity contribution >= 4 is 23.2 Å². The van der Waals surface area contributed by atoms with Crippen LogP contribution >= 0.6 is 11.6 Å². The van der Waals surface area contributed by atoms with Gasteiger partial charge >= 0.3 is 0 Å². The first-order chi connectivity index (χ1) is 12.5. The van der Waals surface area contributed by atoms with Gasteiger partial charge in [0.1, 0.15) is 0 Å². The molecule has 3 rings (SSSR count). The van der Waals surface area contributed by atoms with Crippen LogP contribution in [0.4, 0.5) is 5.69 Å². The lowest BCUT2D eigenvalue weighted by Crippen LogP contribution is -2.37. The Bertz CT molecular complexity index is 792. The number of hydrogen-bond acceptors (Lipinski definition) is 4. The van der Waals surface area contributed by atoms with Crippen molar-refractivity contribution < 1.29 is 9.72 Å². The highest BCUT2D eigenvalue weighted by atomic mass is 35.5. The van der Waals surface area contributed by atoms with Crippen molar-refractivity contribution in [2.24, 2.45) is 0 Å². The summed E-state index contributed by atoms with van der Waals surface area (Å²) in [7, 11) is 0. The number of carbonyl (C=O) groups excluding carboxylic acids is 1. The zero-order chi connectivity index (χ0) is 18.5. The predicted octanol–water partition coefficient (Wildman–Crippen LogP) is 3.82. The lowest BCUT2D eigenvalue weighted by atomic mass is 10.1. The van der Waals surface area contributed by atoms with Crippen molar-refractivity contribution in [3.63, 3.8) is 0 Å². The Balaban J connectivity index is 1.79. The van der Waals surface area contributed by atoms with Gasteiger partial charge in [-0.2, -0.15) is 0 Å². The fourth-order valence-electron chi connectivity index (χ4n) is 3.18. The molecule has 1 N–H and O–H groups in total. The van der Waals surface area contributed by atoms with Gasteiger partial charge in [-0.1, -0.05) is 41.9 Å². The summed E-state index contributed by atoms with van der Waals surface area (Å²) in [5, 5.41) is 13.9. The molecular formula is C19H20ClN3O3. The number of rotatable bonds is 6. The Morgan fingerprint density at radius 3 is 2.50 bits per heavy atom. The number of nitrogens with zero attached hydrogens (tertiary/aromatic N) is 2. The molecule has 1 fully saturated rings. The van der Waals surface area contributed by atoms with E-state index in [2.05, 4.69) is 10.2 Å². The third-order valence-electron chi connectivity index (χ3n) is 4.55. The van der Waals surface area contributed by atoms with E-state index in [1.54, 1.807) is 0 Å². The quantitative estimate of drug-likeness (QED) is 0.617. The molecule has 6 nitrogen and oxygen atoms in total. The van der Waals surface area contributed by atoms with E-state index in [9.17, 15) is 14.9 Å². The maximum atomic E-state index is 12.7. The average Bonchev–Trinajstić information content (AvgIpc) is 3.14. The topological polar surface area (TPSA) is 75.5 Å². The predicted molar refractivity (Wildman–Crippen MR) is 100 cm³/mol. The molecule has 0 bridgehead atoms. The number of non-ortho nitro benzene ring substituents is 1. The van der Waals surface area contributed by atoms with Gasteiger partial charge in [0.2, 0.25) is 0 Å². The Labute approximate surface area is 156 Å². The molecular weight excluding hydrogens is 354 g/mol. The smallest absolute Gasteiger partial charge is 0.270 e. The van der Waals surface area contributed by atoms with Crippen LogP contribution in [0.5, 0.6) is 0 Å². The summed E-state index contributed by atoms with van der Waals surface area (Å²) in [5.41, 5.74) is 1.12. The third-order valence-corrected chi connectivity index (χ3v) is 4.87. The van der Waals surface area contributed by atoms with Crippen molar-refractivity contribution in [3.05, 3.63) is 74.8 Å². The molecule has 0 aliphatic carbocycles. The van der Waals surface area contributed by atoms with Gasteiger partial charge in [-0.25, -0.2) is 0 Å². The molecule has 1 amide bonds. The molecule has 26 heavy (non-hydrogen) atoms. The highest BCUT2D eigenvalue weighted by Gasteiger charge is 2.22. The first kappa shape index (κ1) is 18.4. The fraction of sp³-hybridized carbons (Fsp3) is 0.316. The summed E-state index contributed by atoms with van der Waals surface area (Å²) in [6.45, 7) is 2.77. The summed E-state index contributed by atoms with van der Waals surface area (Å²) in [5.74, 6) is -0.335. The van der Waals surface area contributed by atoms with Gasteiger partial charge in [0.15, 0.2) is 0 Å². The Kier molecular flexibility index (Phi) is 5.85. The van der Waals surface area contributed by atoms with Crippen LogP contribution in [0.3, 0.4) is 0 Å². The van der Waals surface area contributed by atoms with Crippen molar-refractivity contribution in [1.29, 1.82) is 0 Å². The van der Waals surface area contributed by atoms with Crippen molar-refractivity contribution in [1.82, 2.24) is 10.2 Å². The van der Waals surface area contributed by atoms with Crippen LogP contribution in [0, 0.1) is 10.1 Å². The molecule has 1 atom stereocenters. The third kappa shape index (κ3) is 4.39. The van der Waals surface area contributed by atoms with Crippen LogP contribution < -0.4 is 5.32 Å². The molecule has 1 unspecified atom stereocenters. The second kappa shape index (κ2) is 8.29. The van der Waals surface area contributed by atoms with E-state index in [4.69, 9.17) is 11.6 Å². The molecule has 0 spiro atoms. The number of hydrogen-bond donors (Lipinski definition) is 1. The van der Waals surface area contributed by atoms with Crippen molar-refractivity contribution in [2.75, 3.05) is 19.6 Å². The first-order valence-corrected chi connectivity index (χ1v) is 8.94. The van der Waals surface area contributed by atoms with Crippen LogP contribution in [-0.4, -0.2) is 35.4 Å². The minimum atomic E-state index is -0.534. The van der Waals surface area contributed by atoms with E-state index in [0.29, 0.717) is 0 Å². The monoisotopic (exact) mass is 373 g/mol. The number of likely N-dealkylation sites (tertiary alicyclic amines) is 1. The molecule has 1 saturated heterocycles. The molecule has 1 aliphatic heterocycles. The number of halogens is 1. The van der Waals surface area contributed by atoms with Crippen LogP contribution in [0.15, 0.2) is 48.5 Å². The van der Waals surface area contributed by atoms with Crippen LogP contribution in [0.25, 0.3) is 0 Å². The molecule has 2 aromatic carbocycles. The lowest BCUT2D eigenvalue weighted by molar-refractivity contribution is -0.384. The summed E-state index contributed by atoms with van der Waals surface area (Å²) >= 11 is 6.09. The highest BCUT2D eigenvalue weighted by Crippen LogP contribution is 2.24. The number of amides is 1. The van der Waals surface area contributed by atoms with E-state index < -0.39 is 4.92 Å². The minimum Gasteiger partial charge on any atom is -0.344 e. The highest BCUT2D eigenvalue weighted by molar-refractivity contribution is 6.34. The van der Waals surface area contributed by atoms with Crippen LogP contribution in [-0.2, 0) is 0 Å². The van der Waals surface area contributed by atoms with Crippen molar-refractivity contribution in [2.45, 2.75) is 18.9 Å². The van der Waals surface area contributed by atoms with E-state index in [1.165, 1.54) is 31.0 Å². The second-order valence-corrected chi connectivity index (χ2v) is 6.77. The zero-order valence-electron chi connectivity index (χ0n) is 14.2. The first-order valence-electron chi connectivity index (χ1n) is 8.56. The standard InChI is InChI=1S/C19H20ClN3O3/c20-17-12-15(23(25)26)8-9-16(17)19(24)21-18(13-22-10-4-5-11-22)14-6-2-1-3-7-14/h1-3,6-9,12,18H,4-5,10-11,13H2,(H,21,24). The minimum absolute atomic E-state index is 0.0738.